The van der Waals surface area contributed by atoms with Gasteiger partial charge in [0.2, 0.25) is 0 Å². The van der Waals surface area contributed by atoms with Gasteiger partial charge in [-0.25, -0.2) is 10.3 Å². The zero-order valence-electron chi connectivity index (χ0n) is 19.8. The number of anilines is 1. The smallest absolute Gasteiger partial charge is 0.412 e. The predicted octanol–water partition coefficient (Wildman–Crippen LogP) is 3.38. The number of hydrogen-bond acceptors (Lipinski definition) is 8. The topological polar surface area (TPSA) is 136 Å². The maximum absolute atomic E-state index is 12.8. The van der Waals surface area contributed by atoms with Gasteiger partial charge in [0.1, 0.15) is 24.2 Å². The van der Waals surface area contributed by atoms with Gasteiger partial charge in [-0.1, -0.05) is 24.3 Å². The summed E-state index contributed by atoms with van der Waals surface area (Å²) in [5, 5.41) is 20.2. The number of carbonyl (C=O) groups is 2. The molecule has 2 atom stereocenters. The van der Waals surface area contributed by atoms with Crippen molar-refractivity contribution < 1.29 is 38.9 Å². The normalized spacial score (nSPS) is 13.1. The van der Waals surface area contributed by atoms with E-state index in [1.165, 1.54) is 18.7 Å². The summed E-state index contributed by atoms with van der Waals surface area (Å²) in [5.74, 6) is 0.505. The van der Waals surface area contributed by atoms with Crippen LogP contribution in [0.1, 0.15) is 18.6 Å². The third kappa shape index (κ3) is 8.78. The maximum atomic E-state index is 12.8. The van der Waals surface area contributed by atoms with Crippen molar-refractivity contribution in [3.63, 3.8) is 0 Å². The van der Waals surface area contributed by atoms with E-state index in [-0.39, 0.29) is 13.2 Å². The third-order valence-corrected chi connectivity index (χ3v) is 4.83. The molecule has 188 valence electrons. The van der Waals surface area contributed by atoms with E-state index in [1.54, 1.807) is 68.6 Å². The molecule has 0 bridgehead atoms. The lowest BCUT2D eigenvalue weighted by Crippen LogP contribution is -2.29. The molecule has 2 amide bonds. The van der Waals surface area contributed by atoms with E-state index in [9.17, 15) is 9.59 Å². The first-order chi connectivity index (χ1) is 16.9. The molecule has 0 unspecified atom stereocenters. The van der Waals surface area contributed by atoms with Crippen molar-refractivity contribution in [1.82, 2.24) is 5.48 Å². The van der Waals surface area contributed by atoms with Crippen molar-refractivity contribution in [3.8, 4) is 11.5 Å². The molecule has 10 nitrogen and oxygen atoms in total. The van der Waals surface area contributed by atoms with E-state index < -0.39 is 24.2 Å². The Morgan fingerprint density at radius 3 is 2.26 bits per heavy atom. The van der Waals surface area contributed by atoms with Gasteiger partial charge < -0.3 is 24.1 Å². The van der Waals surface area contributed by atoms with Crippen molar-refractivity contribution in [2.45, 2.75) is 19.1 Å². The molecule has 0 radical (unpaired) electrons. The fourth-order valence-corrected chi connectivity index (χ4v) is 3.13. The molecule has 2 rings (SSSR count). The Bertz CT molecular complexity index is 1000. The fraction of sp³-hybridized carbons (Fsp3) is 0.280. The van der Waals surface area contributed by atoms with Crippen molar-refractivity contribution in [3.05, 3.63) is 77.9 Å². The molecule has 4 N–H and O–H groups in total. The van der Waals surface area contributed by atoms with Gasteiger partial charge in [0.25, 0.3) is 5.91 Å². The summed E-state index contributed by atoms with van der Waals surface area (Å²) in [7, 11) is 3.02. The summed E-state index contributed by atoms with van der Waals surface area (Å²) in [6.45, 7) is 1.79. The largest absolute Gasteiger partial charge is 0.497 e. The molecule has 0 heterocycles. The molecule has 0 spiro atoms. The van der Waals surface area contributed by atoms with Crippen LogP contribution in [-0.2, 0) is 14.3 Å². The zero-order valence-corrected chi connectivity index (χ0v) is 19.8. The highest BCUT2D eigenvalue weighted by Crippen LogP contribution is 2.30. The first kappa shape index (κ1) is 27.4. The van der Waals surface area contributed by atoms with Crippen LogP contribution in [0.15, 0.2) is 72.3 Å². The van der Waals surface area contributed by atoms with Crippen LogP contribution < -0.4 is 20.3 Å². The number of rotatable bonds is 12. The van der Waals surface area contributed by atoms with Crippen LogP contribution in [0.5, 0.6) is 11.5 Å². The van der Waals surface area contributed by atoms with Crippen LogP contribution >= 0.6 is 0 Å². The average Bonchev–Trinajstić information content (AvgIpc) is 2.88. The molecule has 0 aliphatic carbocycles. The van der Waals surface area contributed by atoms with E-state index in [1.807, 2.05) is 0 Å². The second kappa shape index (κ2) is 14.4. The summed E-state index contributed by atoms with van der Waals surface area (Å²) in [4.78, 5) is 24.0. The van der Waals surface area contributed by atoms with Crippen LogP contribution in [0.4, 0.5) is 10.5 Å². The van der Waals surface area contributed by atoms with Gasteiger partial charge >= 0.3 is 6.09 Å². The van der Waals surface area contributed by atoms with E-state index in [4.69, 9.17) is 29.3 Å². The van der Waals surface area contributed by atoms with Gasteiger partial charge in [-0.2, -0.15) is 0 Å². The van der Waals surface area contributed by atoms with Crippen molar-refractivity contribution in [1.29, 1.82) is 0 Å². The number of aliphatic hydroxyl groups excluding tert-OH is 1. The van der Waals surface area contributed by atoms with Crippen molar-refractivity contribution >= 4 is 17.7 Å². The summed E-state index contributed by atoms with van der Waals surface area (Å²) < 4.78 is 21.9. The van der Waals surface area contributed by atoms with Crippen LogP contribution in [-0.4, -0.2) is 55.9 Å². The highest BCUT2D eigenvalue weighted by Gasteiger charge is 2.28. The Kier molecular flexibility index (Phi) is 11.3. The minimum absolute atomic E-state index is 0.115. The van der Waals surface area contributed by atoms with Gasteiger partial charge in [-0.15, -0.1) is 0 Å². The van der Waals surface area contributed by atoms with Gasteiger partial charge in [-0.3, -0.25) is 15.3 Å². The summed E-state index contributed by atoms with van der Waals surface area (Å²) in [6.07, 6.45) is 1.91. The lowest BCUT2D eigenvalue weighted by molar-refractivity contribution is -0.124. The molecule has 0 aromatic heterocycles. The SMILES string of the molecule is COc1ccc(NC(=O)O[C@@H](c2ccc(OCCO)cc2)[C@@H](OC)/C(C)=C/C=C/C(=O)NO)cc1. The molecule has 2 aromatic rings. The highest BCUT2D eigenvalue weighted by atomic mass is 16.6. The molecule has 10 heteroatoms. The Balaban J connectivity index is 2.29. The standard InChI is InChI=1S/C25H30N2O8/c1-17(5-4-6-22(29)27-31)23(33-3)24(18-7-11-21(12-8-18)34-16-15-28)35-25(30)26-19-9-13-20(32-2)14-10-19/h4-14,23-24,28,31H,15-16H2,1-3H3,(H,26,30)(H,27,29)/b6-4+,17-5+/t23-,24-/m0/s1. The van der Waals surface area contributed by atoms with E-state index in [0.29, 0.717) is 28.3 Å². The highest BCUT2D eigenvalue weighted by molar-refractivity contribution is 5.86. The summed E-state index contributed by atoms with van der Waals surface area (Å²) in [5.41, 5.74) is 3.30. The Morgan fingerprint density at radius 2 is 1.69 bits per heavy atom. The number of hydrogen-bond donors (Lipinski definition) is 4. The lowest BCUT2D eigenvalue weighted by atomic mass is 9.98. The Hall–Kier alpha value is -3.86. The number of benzene rings is 2. The van der Waals surface area contributed by atoms with Crippen molar-refractivity contribution in [2.75, 3.05) is 32.8 Å². The predicted molar refractivity (Wildman–Crippen MR) is 128 cm³/mol. The van der Waals surface area contributed by atoms with E-state index >= 15 is 0 Å². The maximum Gasteiger partial charge on any atom is 0.412 e. The number of hydroxylamine groups is 1. The van der Waals surface area contributed by atoms with Crippen LogP contribution in [0.25, 0.3) is 0 Å². The van der Waals surface area contributed by atoms with E-state index in [2.05, 4.69) is 5.32 Å². The van der Waals surface area contributed by atoms with Gasteiger partial charge in [0, 0.05) is 18.9 Å². The quantitative estimate of drug-likeness (QED) is 0.155. The molecule has 35 heavy (non-hydrogen) atoms. The second-order valence-corrected chi connectivity index (χ2v) is 7.22. The van der Waals surface area contributed by atoms with Gasteiger partial charge in [0.15, 0.2) is 6.10 Å². The molecule has 0 saturated heterocycles. The summed E-state index contributed by atoms with van der Waals surface area (Å²) in [6, 6.07) is 13.6. The Labute approximate surface area is 203 Å². The first-order valence-electron chi connectivity index (χ1n) is 10.7. The third-order valence-electron chi connectivity index (χ3n) is 4.83. The molecule has 0 aliphatic rings. The molecular formula is C25H30N2O8. The lowest BCUT2D eigenvalue weighted by Gasteiger charge is -2.27. The molecule has 2 aromatic carbocycles. The zero-order chi connectivity index (χ0) is 25.6. The van der Waals surface area contributed by atoms with Gasteiger partial charge in [-0.05, 0) is 54.5 Å². The number of amides is 2. The summed E-state index contributed by atoms with van der Waals surface area (Å²) >= 11 is 0. The second-order valence-electron chi connectivity index (χ2n) is 7.22. The monoisotopic (exact) mass is 486 g/mol. The van der Waals surface area contributed by atoms with Crippen molar-refractivity contribution in [2.24, 2.45) is 0 Å². The molecular weight excluding hydrogens is 456 g/mol. The number of ether oxygens (including phenoxy) is 4. The number of nitrogens with one attached hydrogen (secondary N) is 2. The van der Waals surface area contributed by atoms with E-state index in [0.717, 1.165) is 6.08 Å². The number of aliphatic hydroxyl groups is 1. The first-order valence-corrected chi connectivity index (χ1v) is 10.7. The van der Waals surface area contributed by atoms with Crippen LogP contribution in [0.2, 0.25) is 0 Å². The fourth-order valence-electron chi connectivity index (χ4n) is 3.13. The molecule has 0 saturated carbocycles. The Morgan fingerprint density at radius 1 is 1.03 bits per heavy atom. The number of methoxy groups -OCH3 is 2. The minimum Gasteiger partial charge on any atom is -0.497 e. The molecule has 0 aliphatic heterocycles. The van der Waals surface area contributed by atoms with Crippen LogP contribution in [0, 0.1) is 0 Å². The van der Waals surface area contributed by atoms with Gasteiger partial charge in [0.05, 0.1) is 13.7 Å². The van der Waals surface area contributed by atoms with Crippen LogP contribution in [0.3, 0.4) is 0 Å². The average molecular weight is 487 g/mol. The number of allylic oxidation sites excluding steroid dienone is 2. The number of carbonyl (C=O) groups excluding carboxylic acids is 2. The minimum atomic E-state index is -0.860. The molecule has 0 fully saturated rings.